The van der Waals surface area contributed by atoms with E-state index in [-0.39, 0.29) is 37.0 Å². The summed E-state index contributed by atoms with van der Waals surface area (Å²) in [6.07, 6.45) is 0.800. The van der Waals surface area contributed by atoms with Crippen LogP contribution in [0.4, 0.5) is 9.18 Å². The van der Waals surface area contributed by atoms with Gasteiger partial charge in [-0.05, 0) is 31.5 Å². The molecule has 1 aromatic carbocycles. The van der Waals surface area contributed by atoms with Crippen LogP contribution in [0.5, 0.6) is 0 Å². The summed E-state index contributed by atoms with van der Waals surface area (Å²) in [6.45, 7) is 4.63. The molecule has 0 spiro atoms. The molecule has 1 aromatic rings. The molecule has 0 aliphatic carbocycles. The van der Waals surface area contributed by atoms with Crippen LogP contribution in [0.15, 0.2) is 29.2 Å². The Hall–Kier alpha value is -2.20. The van der Waals surface area contributed by atoms with Crippen LogP contribution in [0, 0.1) is 5.82 Å². The van der Waals surface area contributed by atoms with Gasteiger partial charge in [0.15, 0.2) is 0 Å². The summed E-state index contributed by atoms with van der Waals surface area (Å²) in [6, 6.07) is 3.74. The van der Waals surface area contributed by atoms with E-state index in [1.165, 1.54) is 27.4 Å². The quantitative estimate of drug-likeness (QED) is 0.736. The smallest absolute Gasteiger partial charge is 0.318 e. The molecule has 1 atom stereocenters. The molecule has 1 fully saturated rings. The molecule has 150 valence electrons. The highest BCUT2D eigenvalue weighted by Gasteiger charge is 2.31. The van der Waals surface area contributed by atoms with E-state index in [1.54, 1.807) is 6.92 Å². The van der Waals surface area contributed by atoms with Crippen LogP contribution < -0.4 is 10.6 Å². The van der Waals surface area contributed by atoms with E-state index < -0.39 is 27.9 Å². The fraction of sp³-hybridized carbons (Fsp3) is 0.529. The number of urea groups is 1. The summed E-state index contributed by atoms with van der Waals surface area (Å²) in [7, 11) is -3.81. The maximum absolute atomic E-state index is 13.3. The predicted octanol–water partition coefficient (Wildman–Crippen LogP) is 0.756. The van der Waals surface area contributed by atoms with E-state index >= 15 is 0 Å². The van der Waals surface area contributed by atoms with Crippen molar-refractivity contribution in [2.75, 3.05) is 32.7 Å². The lowest BCUT2D eigenvalue weighted by Crippen LogP contribution is -2.56. The maximum atomic E-state index is 13.3. The van der Waals surface area contributed by atoms with Crippen molar-refractivity contribution in [3.63, 3.8) is 0 Å². The number of carbonyl (C=O) groups is 2. The number of halogens is 1. The first kappa shape index (κ1) is 21.1. The van der Waals surface area contributed by atoms with Gasteiger partial charge in [-0.25, -0.2) is 17.6 Å². The Morgan fingerprint density at radius 1 is 1.22 bits per heavy atom. The van der Waals surface area contributed by atoms with Crippen LogP contribution in [0.3, 0.4) is 0 Å². The van der Waals surface area contributed by atoms with Gasteiger partial charge < -0.3 is 15.5 Å². The van der Waals surface area contributed by atoms with Gasteiger partial charge in [-0.2, -0.15) is 4.31 Å². The van der Waals surface area contributed by atoms with Crippen LogP contribution in [0.1, 0.15) is 20.3 Å². The molecule has 2 rings (SSSR count). The number of benzene rings is 1. The van der Waals surface area contributed by atoms with Crippen molar-refractivity contribution < 1.29 is 22.4 Å². The number of nitrogens with one attached hydrogen (secondary N) is 2. The molecule has 8 nitrogen and oxygen atoms in total. The van der Waals surface area contributed by atoms with E-state index in [1.807, 2.05) is 6.92 Å². The number of amides is 3. The number of hydrogen-bond acceptors (Lipinski definition) is 4. The van der Waals surface area contributed by atoms with Gasteiger partial charge in [-0.3, -0.25) is 4.79 Å². The second-order valence-corrected chi connectivity index (χ2v) is 8.25. The molecule has 1 aliphatic rings. The molecule has 27 heavy (non-hydrogen) atoms. The molecule has 1 aliphatic heterocycles. The van der Waals surface area contributed by atoms with Crippen LogP contribution in [0.2, 0.25) is 0 Å². The molecular weight excluding hydrogens is 375 g/mol. The van der Waals surface area contributed by atoms with Gasteiger partial charge in [-0.15, -0.1) is 0 Å². The molecule has 3 amide bonds. The van der Waals surface area contributed by atoms with Crippen LogP contribution in [0.25, 0.3) is 0 Å². The number of sulfonamides is 1. The lowest BCUT2D eigenvalue weighted by Gasteiger charge is -2.34. The summed E-state index contributed by atoms with van der Waals surface area (Å²) < 4.78 is 39.7. The maximum Gasteiger partial charge on any atom is 0.318 e. The molecule has 2 N–H and O–H groups in total. The molecule has 0 radical (unpaired) electrons. The van der Waals surface area contributed by atoms with Crippen molar-refractivity contribution in [3.05, 3.63) is 30.1 Å². The minimum atomic E-state index is -3.81. The second kappa shape index (κ2) is 9.14. The van der Waals surface area contributed by atoms with E-state index in [2.05, 4.69) is 10.6 Å². The molecular formula is C17H25FN4O4S. The number of rotatable bonds is 6. The van der Waals surface area contributed by atoms with Crippen molar-refractivity contribution in [2.45, 2.75) is 31.2 Å². The van der Waals surface area contributed by atoms with Crippen molar-refractivity contribution >= 4 is 22.0 Å². The Labute approximate surface area is 158 Å². The largest absolute Gasteiger partial charge is 0.354 e. The summed E-state index contributed by atoms with van der Waals surface area (Å²) in [5, 5.41) is 5.31. The van der Waals surface area contributed by atoms with Gasteiger partial charge in [0.05, 0.1) is 4.90 Å². The van der Waals surface area contributed by atoms with Crippen molar-refractivity contribution in [1.82, 2.24) is 19.8 Å². The summed E-state index contributed by atoms with van der Waals surface area (Å²) in [5.74, 6) is -0.887. The zero-order valence-electron chi connectivity index (χ0n) is 15.4. The molecule has 1 heterocycles. The highest BCUT2D eigenvalue weighted by Crippen LogP contribution is 2.18. The van der Waals surface area contributed by atoms with E-state index in [0.717, 1.165) is 12.5 Å². The SMILES string of the molecule is CCCNC(=O)C(C)NC(=O)N1CCN(S(=O)(=O)c2cccc(F)c2)CC1. The standard InChI is InChI=1S/C17H25FN4O4S/c1-3-7-19-16(23)13(2)20-17(24)21-8-10-22(11-9-21)27(25,26)15-6-4-5-14(18)12-15/h4-6,12-13H,3,7-11H2,1-2H3,(H,19,23)(H,20,24). The lowest BCUT2D eigenvalue weighted by atomic mass is 10.3. The number of hydrogen-bond donors (Lipinski definition) is 2. The normalized spacial score (nSPS) is 16.6. The average Bonchev–Trinajstić information content (AvgIpc) is 2.66. The summed E-state index contributed by atoms with van der Waals surface area (Å²) in [4.78, 5) is 25.5. The van der Waals surface area contributed by atoms with Crippen molar-refractivity contribution in [3.8, 4) is 0 Å². The number of piperazine rings is 1. The first-order chi connectivity index (χ1) is 12.8. The van der Waals surface area contributed by atoms with Gasteiger partial charge >= 0.3 is 6.03 Å². The van der Waals surface area contributed by atoms with E-state index in [4.69, 9.17) is 0 Å². The minimum Gasteiger partial charge on any atom is -0.354 e. The van der Waals surface area contributed by atoms with Gasteiger partial charge in [0, 0.05) is 32.7 Å². The Bertz CT molecular complexity index is 779. The Balaban J connectivity index is 1.91. The number of carbonyl (C=O) groups excluding carboxylic acids is 2. The van der Waals surface area contributed by atoms with Crippen molar-refractivity contribution in [1.29, 1.82) is 0 Å². The third-order valence-electron chi connectivity index (χ3n) is 4.24. The topological polar surface area (TPSA) is 98.8 Å². The number of nitrogens with zero attached hydrogens (tertiary/aromatic N) is 2. The predicted molar refractivity (Wildman–Crippen MR) is 98.0 cm³/mol. The third kappa shape index (κ3) is 5.39. The molecule has 0 bridgehead atoms. The van der Waals surface area contributed by atoms with Gasteiger partial charge in [0.1, 0.15) is 11.9 Å². The Morgan fingerprint density at radius 2 is 1.89 bits per heavy atom. The van der Waals surface area contributed by atoms with E-state index in [0.29, 0.717) is 6.54 Å². The Morgan fingerprint density at radius 3 is 2.48 bits per heavy atom. The molecule has 1 saturated heterocycles. The van der Waals surface area contributed by atoms with Gasteiger partial charge in [0.25, 0.3) is 0 Å². The van der Waals surface area contributed by atoms with Crippen LogP contribution >= 0.6 is 0 Å². The highest BCUT2D eigenvalue weighted by molar-refractivity contribution is 7.89. The first-order valence-electron chi connectivity index (χ1n) is 8.84. The second-order valence-electron chi connectivity index (χ2n) is 6.31. The fourth-order valence-electron chi connectivity index (χ4n) is 2.65. The van der Waals surface area contributed by atoms with Crippen molar-refractivity contribution in [2.24, 2.45) is 0 Å². The van der Waals surface area contributed by atoms with E-state index in [9.17, 15) is 22.4 Å². The summed E-state index contributed by atoms with van der Waals surface area (Å²) in [5.41, 5.74) is 0. The zero-order valence-corrected chi connectivity index (χ0v) is 16.3. The average molecular weight is 400 g/mol. The monoisotopic (exact) mass is 400 g/mol. The Kier molecular flexibility index (Phi) is 7.14. The fourth-order valence-corrected chi connectivity index (χ4v) is 4.11. The minimum absolute atomic E-state index is 0.0999. The lowest BCUT2D eigenvalue weighted by molar-refractivity contribution is -0.122. The van der Waals surface area contributed by atoms with Gasteiger partial charge in [0.2, 0.25) is 15.9 Å². The molecule has 1 unspecified atom stereocenters. The van der Waals surface area contributed by atoms with Crippen LogP contribution in [-0.4, -0.2) is 68.3 Å². The third-order valence-corrected chi connectivity index (χ3v) is 6.14. The zero-order chi connectivity index (χ0) is 20.0. The molecule has 0 aromatic heterocycles. The first-order valence-corrected chi connectivity index (χ1v) is 10.3. The summed E-state index contributed by atoms with van der Waals surface area (Å²) >= 11 is 0. The highest BCUT2D eigenvalue weighted by atomic mass is 32.2. The van der Waals surface area contributed by atoms with Crippen LogP contribution in [-0.2, 0) is 14.8 Å². The molecule has 0 saturated carbocycles. The van der Waals surface area contributed by atoms with Gasteiger partial charge in [-0.1, -0.05) is 13.0 Å². The molecule has 10 heteroatoms.